The predicted octanol–water partition coefficient (Wildman–Crippen LogP) is 14.0. The molecule has 0 saturated heterocycles. The average molecular weight is 867 g/mol. The standard InChI is InChI=1S/C51H99N2O6P/c1-6-8-10-12-14-16-18-20-21-22-23-24-25-26-27-28-29-30-31-32-33-34-36-38-40-42-44-50(54)49(48-59-60(56,57)58-47-46-53(3,4)5)52-51(55)45-43-41-39-37-35-19-17-15-13-11-9-7-2/h30-31,34,36,42,44,49-50,54H,6-29,32-33,35,37-41,43,45-48H2,1-5H3,(H-,52,55,56,57)/b31-30+,36-34+,44-42+. The zero-order valence-electron chi connectivity index (χ0n) is 40.2. The minimum absolute atomic E-state index is 0.00783. The average Bonchev–Trinajstić information content (AvgIpc) is 3.20. The van der Waals surface area contributed by atoms with E-state index in [0.29, 0.717) is 17.4 Å². The number of allylic oxidation sites excluding steroid dienone is 5. The van der Waals surface area contributed by atoms with Gasteiger partial charge in [0.05, 0.1) is 39.9 Å². The van der Waals surface area contributed by atoms with Crippen LogP contribution in [0.4, 0.5) is 0 Å². The van der Waals surface area contributed by atoms with Gasteiger partial charge in [-0.05, 0) is 44.9 Å². The van der Waals surface area contributed by atoms with Gasteiger partial charge in [0.2, 0.25) is 5.91 Å². The van der Waals surface area contributed by atoms with Crippen molar-refractivity contribution >= 4 is 13.7 Å². The summed E-state index contributed by atoms with van der Waals surface area (Å²) in [5, 5.41) is 13.8. The van der Waals surface area contributed by atoms with Gasteiger partial charge in [-0.15, -0.1) is 0 Å². The van der Waals surface area contributed by atoms with Gasteiger partial charge >= 0.3 is 0 Å². The fourth-order valence-corrected chi connectivity index (χ4v) is 8.03. The molecule has 1 amide bonds. The van der Waals surface area contributed by atoms with E-state index in [4.69, 9.17) is 9.05 Å². The summed E-state index contributed by atoms with van der Waals surface area (Å²) < 4.78 is 23.2. The van der Waals surface area contributed by atoms with Gasteiger partial charge < -0.3 is 28.8 Å². The number of carbonyl (C=O) groups excluding carboxylic acids is 1. The third-order valence-corrected chi connectivity index (χ3v) is 12.3. The summed E-state index contributed by atoms with van der Waals surface area (Å²) >= 11 is 0. The van der Waals surface area contributed by atoms with E-state index in [2.05, 4.69) is 43.5 Å². The Bertz CT molecular complexity index is 1070. The van der Waals surface area contributed by atoms with Crippen LogP contribution in [-0.4, -0.2) is 68.5 Å². The molecule has 8 nitrogen and oxygen atoms in total. The third kappa shape index (κ3) is 44.8. The fourth-order valence-electron chi connectivity index (χ4n) is 7.30. The second-order valence-electron chi connectivity index (χ2n) is 18.5. The van der Waals surface area contributed by atoms with Gasteiger partial charge in [0.1, 0.15) is 13.2 Å². The molecule has 0 aliphatic heterocycles. The summed E-state index contributed by atoms with van der Waals surface area (Å²) in [6, 6.07) is -0.906. The molecular formula is C51H99N2O6P. The summed E-state index contributed by atoms with van der Waals surface area (Å²) in [7, 11) is 1.24. The van der Waals surface area contributed by atoms with Crippen LogP contribution in [0.3, 0.4) is 0 Å². The topological polar surface area (TPSA) is 108 Å². The lowest BCUT2D eigenvalue weighted by molar-refractivity contribution is -0.870. The van der Waals surface area contributed by atoms with Crippen molar-refractivity contribution < 1.29 is 32.9 Å². The van der Waals surface area contributed by atoms with Gasteiger partial charge in [-0.2, -0.15) is 0 Å². The molecule has 3 unspecified atom stereocenters. The molecule has 0 aromatic heterocycles. The maximum absolute atomic E-state index is 12.8. The molecule has 2 N–H and O–H groups in total. The van der Waals surface area contributed by atoms with Crippen LogP contribution >= 0.6 is 7.82 Å². The Morgan fingerprint density at radius 2 is 0.933 bits per heavy atom. The number of nitrogens with one attached hydrogen (secondary N) is 1. The van der Waals surface area contributed by atoms with Crippen molar-refractivity contribution in [2.24, 2.45) is 0 Å². The monoisotopic (exact) mass is 867 g/mol. The predicted molar refractivity (Wildman–Crippen MR) is 256 cm³/mol. The molecule has 0 saturated carbocycles. The first-order valence-corrected chi connectivity index (χ1v) is 26.8. The quantitative estimate of drug-likeness (QED) is 0.0273. The highest BCUT2D eigenvalue weighted by atomic mass is 31.2. The molecule has 0 aromatic rings. The minimum Gasteiger partial charge on any atom is -0.756 e. The van der Waals surface area contributed by atoms with Crippen molar-refractivity contribution in [2.75, 3.05) is 40.9 Å². The molecule has 0 aliphatic rings. The zero-order chi connectivity index (χ0) is 44.3. The minimum atomic E-state index is -4.60. The van der Waals surface area contributed by atoms with Crippen LogP contribution in [0.25, 0.3) is 0 Å². The maximum atomic E-state index is 12.8. The van der Waals surface area contributed by atoms with E-state index in [1.807, 2.05) is 27.2 Å². The maximum Gasteiger partial charge on any atom is 0.268 e. The number of phosphoric ester groups is 1. The second kappa shape index (κ2) is 43.0. The van der Waals surface area contributed by atoms with E-state index in [0.717, 1.165) is 44.9 Å². The zero-order valence-corrected chi connectivity index (χ0v) is 41.1. The normalized spacial score (nSPS) is 14.4. The van der Waals surface area contributed by atoms with Gasteiger partial charge in [-0.3, -0.25) is 9.36 Å². The Morgan fingerprint density at radius 3 is 1.35 bits per heavy atom. The number of hydrogen-bond donors (Lipinski definition) is 2. The molecule has 0 bridgehead atoms. The van der Waals surface area contributed by atoms with E-state index in [9.17, 15) is 19.4 Å². The van der Waals surface area contributed by atoms with E-state index in [1.165, 1.54) is 167 Å². The lowest BCUT2D eigenvalue weighted by Crippen LogP contribution is -2.45. The number of rotatable bonds is 46. The highest BCUT2D eigenvalue weighted by Crippen LogP contribution is 2.38. The largest absolute Gasteiger partial charge is 0.756 e. The number of quaternary nitrogens is 1. The van der Waals surface area contributed by atoms with Crippen LogP contribution in [0, 0.1) is 0 Å². The number of likely N-dealkylation sites (N-methyl/N-ethyl adjacent to an activating group) is 1. The summed E-state index contributed by atoms with van der Waals surface area (Å²) in [5.41, 5.74) is 0. The van der Waals surface area contributed by atoms with Crippen LogP contribution in [0.1, 0.15) is 232 Å². The van der Waals surface area contributed by atoms with Crippen LogP contribution in [0.2, 0.25) is 0 Å². The first kappa shape index (κ1) is 58.7. The van der Waals surface area contributed by atoms with Crippen molar-refractivity contribution in [3.8, 4) is 0 Å². The smallest absolute Gasteiger partial charge is 0.268 e. The summed E-state index contributed by atoms with van der Waals surface area (Å²) in [5.74, 6) is -0.211. The Hall–Kier alpha value is -1.28. The molecule has 0 fully saturated rings. The number of aliphatic hydroxyl groups is 1. The summed E-state index contributed by atoms with van der Waals surface area (Å²) in [6.07, 6.45) is 53.6. The van der Waals surface area contributed by atoms with Gasteiger partial charge in [-0.25, -0.2) is 0 Å². The molecule has 0 aromatic carbocycles. The molecule has 60 heavy (non-hydrogen) atoms. The number of hydrogen-bond acceptors (Lipinski definition) is 6. The van der Waals surface area contributed by atoms with Crippen molar-refractivity contribution in [1.82, 2.24) is 5.32 Å². The van der Waals surface area contributed by atoms with Crippen LogP contribution in [0.15, 0.2) is 36.5 Å². The van der Waals surface area contributed by atoms with Crippen molar-refractivity contribution in [3.05, 3.63) is 36.5 Å². The number of amides is 1. The molecule has 0 spiro atoms. The highest BCUT2D eigenvalue weighted by Gasteiger charge is 2.23. The molecule has 0 radical (unpaired) electrons. The lowest BCUT2D eigenvalue weighted by Gasteiger charge is -2.29. The number of nitrogens with zero attached hydrogens (tertiary/aromatic N) is 1. The van der Waals surface area contributed by atoms with Gasteiger partial charge in [-0.1, -0.05) is 217 Å². The Labute approximate surface area is 372 Å². The molecule has 0 aliphatic carbocycles. The molecule has 354 valence electrons. The lowest BCUT2D eigenvalue weighted by atomic mass is 10.0. The number of aliphatic hydroxyl groups excluding tert-OH is 1. The number of carbonyl (C=O) groups is 1. The van der Waals surface area contributed by atoms with Crippen molar-refractivity contribution in [2.45, 2.75) is 244 Å². The number of unbranched alkanes of at least 4 members (excludes halogenated alkanes) is 29. The molecule has 0 rings (SSSR count). The fraction of sp³-hybridized carbons (Fsp3) is 0.863. The Morgan fingerprint density at radius 1 is 0.567 bits per heavy atom. The van der Waals surface area contributed by atoms with E-state index >= 15 is 0 Å². The highest BCUT2D eigenvalue weighted by molar-refractivity contribution is 7.45. The molecule has 9 heteroatoms. The molecule has 0 heterocycles. The van der Waals surface area contributed by atoms with Crippen molar-refractivity contribution in [3.63, 3.8) is 0 Å². The molecule has 3 atom stereocenters. The van der Waals surface area contributed by atoms with Crippen LogP contribution in [0.5, 0.6) is 0 Å². The van der Waals surface area contributed by atoms with Crippen LogP contribution in [-0.2, 0) is 18.4 Å². The summed E-state index contributed by atoms with van der Waals surface area (Å²) in [6.45, 7) is 4.62. The van der Waals surface area contributed by atoms with Gasteiger partial charge in [0.15, 0.2) is 0 Å². The van der Waals surface area contributed by atoms with Gasteiger partial charge in [0, 0.05) is 6.42 Å². The third-order valence-electron chi connectivity index (χ3n) is 11.3. The SMILES string of the molecule is CCCCCCCCCCCCCCCCCC/C=C/CC/C=C/CC/C=C/C(O)C(COP(=O)([O-])OCC[N+](C)(C)C)NC(=O)CCCCCCCCCCCCCC. The first-order valence-electron chi connectivity index (χ1n) is 25.4. The number of phosphoric acid groups is 1. The van der Waals surface area contributed by atoms with Crippen molar-refractivity contribution in [1.29, 1.82) is 0 Å². The first-order chi connectivity index (χ1) is 29.0. The van der Waals surface area contributed by atoms with Gasteiger partial charge in [0.25, 0.3) is 7.82 Å². The molecular weight excluding hydrogens is 768 g/mol. The Balaban J connectivity index is 4.30. The van der Waals surface area contributed by atoms with E-state index in [-0.39, 0.29) is 12.5 Å². The van der Waals surface area contributed by atoms with E-state index < -0.39 is 26.6 Å². The Kier molecular flexibility index (Phi) is 42.1. The summed E-state index contributed by atoms with van der Waals surface area (Å²) in [4.78, 5) is 25.3. The van der Waals surface area contributed by atoms with E-state index in [1.54, 1.807) is 6.08 Å². The second-order valence-corrected chi connectivity index (χ2v) is 19.9. The van der Waals surface area contributed by atoms with Crippen LogP contribution < -0.4 is 10.2 Å².